The summed E-state index contributed by atoms with van der Waals surface area (Å²) in [5.74, 6) is -4.50. The molecule has 2 N–H and O–H groups in total. The van der Waals surface area contributed by atoms with E-state index in [4.69, 9.17) is 26.3 Å². The van der Waals surface area contributed by atoms with E-state index in [1.807, 2.05) is 0 Å². The Labute approximate surface area is 229 Å². The van der Waals surface area contributed by atoms with Crippen molar-refractivity contribution in [2.45, 2.75) is 17.7 Å². The van der Waals surface area contributed by atoms with Crippen molar-refractivity contribution in [2.75, 3.05) is 52.9 Å². The molecule has 1 aliphatic rings. The molecule has 1 fully saturated rings. The number of likely N-dealkylation sites (tertiary alicyclic amines) is 1. The van der Waals surface area contributed by atoms with Gasteiger partial charge < -0.3 is 14.4 Å². The van der Waals surface area contributed by atoms with Gasteiger partial charge in [-0.1, -0.05) is 11.6 Å². The van der Waals surface area contributed by atoms with Crippen LogP contribution in [-0.2, 0) is 19.6 Å². The zero-order valence-electron chi connectivity index (χ0n) is 21.1. The Morgan fingerprint density at radius 3 is 2.31 bits per heavy atom. The maximum atomic E-state index is 14.8. The van der Waals surface area contributed by atoms with Crippen LogP contribution in [0, 0.1) is 11.6 Å². The second kappa shape index (κ2) is 13.8. The monoisotopic (exact) mass is 590 g/mol. The normalized spacial score (nSPS) is 13.9. The quantitative estimate of drug-likeness (QED) is 0.285. The molecule has 2 aromatic rings. The van der Waals surface area contributed by atoms with E-state index in [0.29, 0.717) is 28.0 Å². The number of carbonyl (C=O) groups is 2. The van der Waals surface area contributed by atoms with Gasteiger partial charge in [0, 0.05) is 31.7 Å². The number of hydroxylamine groups is 1. The van der Waals surface area contributed by atoms with E-state index < -0.39 is 57.4 Å². The molecular formula is C24H29ClF2N4O7S. The van der Waals surface area contributed by atoms with Gasteiger partial charge >= 0.3 is 6.09 Å². The van der Waals surface area contributed by atoms with Crippen LogP contribution in [0.15, 0.2) is 41.3 Å². The average Bonchev–Trinajstić information content (AvgIpc) is 3.42. The number of ether oxygens (including phenoxy) is 2. The van der Waals surface area contributed by atoms with Gasteiger partial charge in [-0.05, 0) is 62.3 Å². The Morgan fingerprint density at radius 2 is 1.72 bits per heavy atom. The predicted molar refractivity (Wildman–Crippen MR) is 136 cm³/mol. The number of hydrogen-bond acceptors (Lipinski definition) is 8. The second-order valence-corrected chi connectivity index (χ2v) is 11.1. The van der Waals surface area contributed by atoms with Crippen LogP contribution in [0.4, 0.5) is 13.6 Å². The fraction of sp³-hybridized carbons (Fsp3) is 0.417. The number of nitrogens with zero attached hydrogens (tertiary/aromatic N) is 3. The molecule has 11 nitrogen and oxygen atoms in total. The van der Waals surface area contributed by atoms with Crippen molar-refractivity contribution in [2.24, 2.45) is 0 Å². The van der Waals surface area contributed by atoms with Crippen LogP contribution in [-0.4, -0.2) is 92.7 Å². The van der Waals surface area contributed by atoms with Gasteiger partial charge in [0.15, 0.2) is 17.4 Å². The molecule has 214 valence electrons. The lowest BCUT2D eigenvalue weighted by atomic mass is 10.3. The molecule has 1 heterocycles. The molecule has 0 radical (unpaired) electrons. The molecule has 0 unspecified atom stereocenters. The predicted octanol–water partition coefficient (Wildman–Crippen LogP) is 3.07. The van der Waals surface area contributed by atoms with Crippen molar-refractivity contribution < 1.29 is 41.5 Å². The highest BCUT2D eigenvalue weighted by molar-refractivity contribution is 7.89. The summed E-state index contributed by atoms with van der Waals surface area (Å²) in [6.07, 6.45) is 1.47. The van der Waals surface area contributed by atoms with Gasteiger partial charge in [0.25, 0.3) is 5.91 Å². The van der Waals surface area contributed by atoms with Crippen LogP contribution < -0.4 is 10.2 Å². The number of likely N-dealkylation sites (N-methyl/N-ethyl adjacent to an activating group) is 1. The van der Waals surface area contributed by atoms with E-state index >= 15 is 0 Å². The summed E-state index contributed by atoms with van der Waals surface area (Å²) in [6.45, 7) is 1.05. The highest BCUT2D eigenvalue weighted by Gasteiger charge is 2.30. The van der Waals surface area contributed by atoms with Crippen LogP contribution in [0.5, 0.6) is 11.5 Å². The SMILES string of the molecule is CN(CCN(CC(=O)NO)S(=O)(=O)c1cc(F)c(Oc2ccc(Cl)cc2)c(F)c1)C(=O)OCCN1CCCC1. The molecule has 0 saturated carbocycles. The third kappa shape index (κ3) is 8.47. The molecule has 1 saturated heterocycles. The van der Waals surface area contributed by atoms with E-state index in [1.54, 1.807) is 0 Å². The van der Waals surface area contributed by atoms with Gasteiger partial charge in [-0.2, -0.15) is 4.31 Å². The van der Waals surface area contributed by atoms with Gasteiger partial charge in [-0.15, -0.1) is 0 Å². The fourth-order valence-electron chi connectivity index (χ4n) is 3.76. The molecular weight excluding hydrogens is 562 g/mol. The van der Waals surface area contributed by atoms with Crippen molar-refractivity contribution in [3.8, 4) is 11.5 Å². The summed E-state index contributed by atoms with van der Waals surface area (Å²) >= 11 is 5.78. The molecule has 3 rings (SSSR count). The topological polar surface area (TPSA) is 129 Å². The Morgan fingerprint density at radius 1 is 1.10 bits per heavy atom. The Balaban J connectivity index is 1.71. The highest BCUT2D eigenvalue weighted by atomic mass is 35.5. The van der Waals surface area contributed by atoms with Crippen LogP contribution in [0.25, 0.3) is 0 Å². The van der Waals surface area contributed by atoms with E-state index in [2.05, 4.69) is 4.90 Å². The largest absolute Gasteiger partial charge is 0.451 e. The summed E-state index contributed by atoms with van der Waals surface area (Å²) in [4.78, 5) is 26.6. The summed E-state index contributed by atoms with van der Waals surface area (Å²) < 4.78 is 67.0. The molecule has 2 aromatic carbocycles. The Bertz CT molecular complexity index is 1240. The van der Waals surface area contributed by atoms with Crippen LogP contribution in [0.1, 0.15) is 12.8 Å². The maximum Gasteiger partial charge on any atom is 0.409 e. The average molecular weight is 591 g/mol. The van der Waals surface area contributed by atoms with Gasteiger partial charge in [-0.3, -0.25) is 14.9 Å². The molecule has 0 bridgehead atoms. The number of halogens is 3. The number of sulfonamides is 1. The molecule has 15 heteroatoms. The molecule has 1 aliphatic heterocycles. The third-order valence-electron chi connectivity index (χ3n) is 5.92. The number of benzene rings is 2. The van der Waals surface area contributed by atoms with Gasteiger partial charge in [0.1, 0.15) is 12.4 Å². The summed E-state index contributed by atoms with van der Waals surface area (Å²) in [6, 6.07) is 6.71. The fourth-order valence-corrected chi connectivity index (χ4v) is 5.30. The number of nitrogens with one attached hydrogen (secondary N) is 1. The lowest BCUT2D eigenvalue weighted by Gasteiger charge is -2.25. The van der Waals surface area contributed by atoms with Crippen molar-refractivity contribution in [3.63, 3.8) is 0 Å². The van der Waals surface area contributed by atoms with Crippen LogP contribution in [0.2, 0.25) is 5.02 Å². The van der Waals surface area contributed by atoms with Gasteiger partial charge in [0.2, 0.25) is 10.0 Å². The molecule has 2 amide bonds. The maximum absolute atomic E-state index is 14.8. The minimum atomic E-state index is -4.67. The summed E-state index contributed by atoms with van der Waals surface area (Å²) in [5.41, 5.74) is 1.31. The number of amides is 2. The first kappa shape index (κ1) is 30.5. The first-order valence-electron chi connectivity index (χ1n) is 12.0. The lowest BCUT2D eigenvalue weighted by Crippen LogP contribution is -2.44. The Kier molecular flexibility index (Phi) is 10.8. The third-order valence-corrected chi connectivity index (χ3v) is 7.99. The standard InChI is InChI=1S/C24H29ClF2N4O7S/c1-29(24(33)37-13-12-30-8-2-3-9-30)10-11-31(16-22(32)28-34)39(35,36)19-14-20(26)23(21(27)15-19)38-18-6-4-17(25)5-7-18/h4-7,14-15,34H,2-3,8-13,16H2,1H3,(H,28,32). The number of rotatable bonds is 12. The number of hydrogen-bond donors (Lipinski definition) is 2. The molecule has 0 spiro atoms. The number of carbonyl (C=O) groups excluding carboxylic acids is 2. The molecule has 0 atom stereocenters. The smallest absolute Gasteiger partial charge is 0.409 e. The van der Waals surface area contributed by atoms with E-state index in [-0.39, 0.29) is 18.9 Å². The molecule has 0 aliphatic carbocycles. The zero-order chi connectivity index (χ0) is 28.6. The molecule has 39 heavy (non-hydrogen) atoms. The minimum absolute atomic E-state index is 0.0596. The van der Waals surface area contributed by atoms with Crippen molar-refractivity contribution in [3.05, 3.63) is 53.1 Å². The van der Waals surface area contributed by atoms with Crippen LogP contribution in [0.3, 0.4) is 0 Å². The lowest BCUT2D eigenvalue weighted by molar-refractivity contribution is -0.129. The van der Waals surface area contributed by atoms with E-state index in [9.17, 15) is 26.8 Å². The first-order valence-corrected chi connectivity index (χ1v) is 13.8. The molecule has 0 aromatic heterocycles. The zero-order valence-corrected chi connectivity index (χ0v) is 22.7. The van der Waals surface area contributed by atoms with Crippen molar-refractivity contribution in [1.29, 1.82) is 0 Å². The van der Waals surface area contributed by atoms with Gasteiger partial charge in [-0.25, -0.2) is 27.5 Å². The Hall–Kier alpha value is -3.04. The second-order valence-electron chi connectivity index (χ2n) is 8.73. The van der Waals surface area contributed by atoms with Crippen LogP contribution >= 0.6 is 11.6 Å². The minimum Gasteiger partial charge on any atom is -0.451 e. The highest BCUT2D eigenvalue weighted by Crippen LogP contribution is 2.31. The van der Waals surface area contributed by atoms with E-state index in [1.165, 1.54) is 36.8 Å². The summed E-state index contributed by atoms with van der Waals surface area (Å²) in [5, 5.41) is 9.27. The van der Waals surface area contributed by atoms with Crippen molar-refractivity contribution in [1.82, 2.24) is 19.6 Å². The van der Waals surface area contributed by atoms with E-state index in [0.717, 1.165) is 30.8 Å². The summed E-state index contributed by atoms with van der Waals surface area (Å²) in [7, 11) is -3.30. The van der Waals surface area contributed by atoms with Crippen molar-refractivity contribution >= 4 is 33.6 Å². The first-order chi connectivity index (χ1) is 18.5. The van der Waals surface area contributed by atoms with Gasteiger partial charge in [0.05, 0.1) is 11.4 Å².